The van der Waals surface area contributed by atoms with E-state index in [1.54, 1.807) is 31.4 Å². The number of ether oxygens (including phenoxy) is 3. The Morgan fingerprint density at radius 1 is 1.07 bits per heavy atom. The van der Waals surface area contributed by atoms with Crippen molar-refractivity contribution in [2.75, 3.05) is 14.2 Å². The van der Waals surface area contributed by atoms with Crippen LogP contribution in [0.3, 0.4) is 0 Å². The molecule has 1 saturated carbocycles. The van der Waals surface area contributed by atoms with Gasteiger partial charge in [0, 0.05) is 6.04 Å². The van der Waals surface area contributed by atoms with Crippen molar-refractivity contribution >= 4 is 16.0 Å². The van der Waals surface area contributed by atoms with E-state index in [4.69, 9.17) is 14.2 Å². The Morgan fingerprint density at radius 2 is 1.78 bits per heavy atom. The summed E-state index contributed by atoms with van der Waals surface area (Å²) < 4.78 is 43.1. The third kappa shape index (κ3) is 4.78. The molecule has 0 amide bonds. The van der Waals surface area contributed by atoms with Gasteiger partial charge in [-0.1, -0.05) is 12.1 Å². The number of rotatable bonds is 8. The van der Waals surface area contributed by atoms with Crippen molar-refractivity contribution in [3.05, 3.63) is 53.6 Å². The molecule has 0 unspecified atom stereocenters. The van der Waals surface area contributed by atoms with Gasteiger partial charge in [-0.2, -0.15) is 0 Å². The average Bonchev–Trinajstić information content (AvgIpc) is 3.49. The molecule has 0 aromatic heterocycles. The van der Waals surface area contributed by atoms with E-state index in [0.717, 1.165) is 18.4 Å². The van der Waals surface area contributed by atoms with Gasteiger partial charge in [0.05, 0.1) is 19.8 Å². The lowest BCUT2D eigenvalue weighted by Crippen LogP contribution is -2.26. The van der Waals surface area contributed by atoms with E-state index in [2.05, 4.69) is 4.72 Å². The second-order valence-corrected chi connectivity index (χ2v) is 7.87. The minimum atomic E-state index is -3.77. The number of hydrogen-bond donors (Lipinski definition) is 1. The Balaban J connectivity index is 1.74. The number of methoxy groups -OCH3 is 2. The number of hydrogen-bond acceptors (Lipinski definition) is 6. The van der Waals surface area contributed by atoms with Crippen LogP contribution in [0.2, 0.25) is 0 Å². The first-order valence-corrected chi connectivity index (χ1v) is 9.91. The predicted molar refractivity (Wildman–Crippen MR) is 98.5 cm³/mol. The molecule has 0 atom stereocenters. The van der Waals surface area contributed by atoms with E-state index in [-0.39, 0.29) is 28.9 Å². The molecule has 1 aliphatic rings. The van der Waals surface area contributed by atoms with Crippen molar-refractivity contribution in [2.45, 2.75) is 30.4 Å². The zero-order chi connectivity index (χ0) is 19.4. The molecule has 27 heavy (non-hydrogen) atoms. The zero-order valence-corrected chi connectivity index (χ0v) is 15.9. The number of sulfonamides is 1. The minimum absolute atomic E-state index is 0.0506. The molecule has 7 nitrogen and oxygen atoms in total. The molecule has 0 spiro atoms. The number of benzene rings is 2. The number of carbonyl (C=O) groups is 1. The van der Waals surface area contributed by atoms with Crippen LogP contribution >= 0.6 is 0 Å². The molecule has 0 saturated heterocycles. The molecular formula is C19H21NO6S. The largest absolute Gasteiger partial charge is 0.497 e. The normalized spacial score (nSPS) is 13.9. The summed E-state index contributed by atoms with van der Waals surface area (Å²) in [6, 6.07) is 11.3. The van der Waals surface area contributed by atoms with Gasteiger partial charge < -0.3 is 14.2 Å². The second kappa shape index (κ2) is 7.98. The van der Waals surface area contributed by atoms with Crippen molar-refractivity contribution in [1.29, 1.82) is 0 Å². The highest BCUT2D eigenvalue weighted by Gasteiger charge is 2.30. The van der Waals surface area contributed by atoms with E-state index in [9.17, 15) is 13.2 Å². The molecule has 0 radical (unpaired) electrons. The molecule has 3 rings (SSSR count). The fourth-order valence-corrected chi connectivity index (χ4v) is 3.95. The topological polar surface area (TPSA) is 90.9 Å². The van der Waals surface area contributed by atoms with Crippen LogP contribution in [0.1, 0.15) is 28.8 Å². The lowest BCUT2D eigenvalue weighted by atomic mass is 10.2. The van der Waals surface area contributed by atoms with Gasteiger partial charge in [-0.3, -0.25) is 0 Å². The van der Waals surface area contributed by atoms with E-state index in [1.807, 2.05) is 0 Å². The number of nitrogens with one attached hydrogen (secondary N) is 1. The van der Waals surface area contributed by atoms with Crippen LogP contribution in [-0.2, 0) is 21.4 Å². The highest BCUT2D eigenvalue weighted by molar-refractivity contribution is 7.89. The van der Waals surface area contributed by atoms with Crippen LogP contribution in [0, 0.1) is 0 Å². The van der Waals surface area contributed by atoms with Crippen LogP contribution < -0.4 is 14.2 Å². The highest BCUT2D eigenvalue weighted by Crippen LogP contribution is 2.28. The van der Waals surface area contributed by atoms with Gasteiger partial charge in [-0.25, -0.2) is 17.9 Å². The van der Waals surface area contributed by atoms with E-state index in [0.29, 0.717) is 5.75 Å². The van der Waals surface area contributed by atoms with Crippen molar-refractivity contribution < 1.29 is 27.4 Å². The molecule has 144 valence electrons. The lowest BCUT2D eigenvalue weighted by Gasteiger charge is -2.12. The summed E-state index contributed by atoms with van der Waals surface area (Å²) in [6.45, 7) is 0.0667. The van der Waals surface area contributed by atoms with Crippen LogP contribution in [-0.4, -0.2) is 34.6 Å². The fourth-order valence-electron chi connectivity index (χ4n) is 2.45. The van der Waals surface area contributed by atoms with Crippen molar-refractivity contribution in [1.82, 2.24) is 4.72 Å². The van der Waals surface area contributed by atoms with Crippen LogP contribution in [0.25, 0.3) is 0 Å². The van der Waals surface area contributed by atoms with Crippen LogP contribution in [0.15, 0.2) is 47.4 Å². The summed E-state index contributed by atoms with van der Waals surface area (Å²) in [5, 5.41) is 0. The first-order chi connectivity index (χ1) is 12.9. The Labute approximate surface area is 158 Å². The molecule has 0 aliphatic heterocycles. The molecule has 1 fully saturated rings. The summed E-state index contributed by atoms with van der Waals surface area (Å²) >= 11 is 0. The molecule has 2 aromatic rings. The maximum atomic E-state index is 12.5. The van der Waals surface area contributed by atoms with E-state index >= 15 is 0 Å². The standard InChI is InChI=1S/C19H21NO6S/c1-24-16-8-3-13(4-9-16)12-26-19(21)14-5-10-17(25-2)18(11-14)27(22,23)20-15-6-7-15/h3-5,8-11,15,20H,6-7,12H2,1-2H3. The summed E-state index contributed by atoms with van der Waals surface area (Å²) in [4.78, 5) is 12.3. The Morgan fingerprint density at radius 3 is 2.37 bits per heavy atom. The summed E-state index contributed by atoms with van der Waals surface area (Å²) in [5.41, 5.74) is 0.932. The van der Waals surface area contributed by atoms with Gasteiger partial charge >= 0.3 is 5.97 Å². The van der Waals surface area contributed by atoms with Gasteiger partial charge in [-0.05, 0) is 48.7 Å². The van der Waals surface area contributed by atoms with Gasteiger partial charge in [0.15, 0.2) is 0 Å². The Hall–Kier alpha value is -2.58. The van der Waals surface area contributed by atoms with E-state index < -0.39 is 16.0 Å². The smallest absolute Gasteiger partial charge is 0.338 e. The number of carbonyl (C=O) groups excluding carboxylic acids is 1. The van der Waals surface area contributed by atoms with Gasteiger partial charge in [-0.15, -0.1) is 0 Å². The maximum Gasteiger partial charge on any atom is 0.338 e. The second-order valence-electron chi connectivity index (χ2n) is 6.19. The van der Waals surface area contributed by atoms with E-state index in [1.165, 1.54) is 25.3 Å². The predicted octanol–water partition coefficient (Wildman–Crippen LogP) is 2.50. The van der Waals surface area contributed by atoms with Crippen molar-refractivity contribution in [2.24, 2.45) is 0 Å². The molecule has 1 aliphatic carbocycles. The fraction of sp³-hybridized carbons (Fsp3) is 0.316. The molecular weight excluding hydrogens is 370 g/mol. The van der Waals surface area contributed by atoms with Crippen molar-refractivity contribution in [3.8, 4) is 11.5 Å². The first-order valence-electron chi connectivity index (χ1n) is 8.43. The summed E-state index contributed by atoms with van der Waals surface area (Å²) in [5.74, 6) is 0.268. The monoisotopic (exact) mass is 391 g/mol. The molecule has 8 heteroatoms. The van der Waals surface area contributed by atoms with Gasteiger partial charge in [0.25, 0.3) is 0 Å². The molecule has 0 bridgehead atoms. The highest BCUT2D eigenvalue weighted by atomic mass is 32.2. The summed E-state index contributed by atoms with van der Waals surface area (Å²) in [6.07, 6.45) is 1.62. The average molecular weight is 391 g/mol. The van der Waals surface area contributed by atoms with Crippen molar-refractivity contribution in [3.63, 3.8) is 0 Å². The van der Waals surface area contributed by atoms with Crippen LogP contribution in [0.4, 0.5) is 0 Å². The summed E-state index contributed by atoms with van der Waals surface area (Å²) in [7, 11) is -0.813. The molecule has 0 heterocycles. The third-order valence-corrected chi connectivity index (χ3v) is 5.66. The quantitative estimate of drug-likeness (QED) is 0.696. The SMILES string of the molecule is COc1ccc(COC(=O)c2ccc(OC)c(S(=O)(=O)NC3CC3)c2)cc1. The lowest BCUT2D eigenvalue weighted by molar-refractivity contribution is 0.0472. The third-order valence-electron chi connectivity index (χ3n) is 4.12. The minimum Gasteiger partial charge on any atom is -0.497 e. The number of esters is 1. The van der Waals surface area contributed by atoms with Crippen LogP contribution in [0.5, 0.6) is 11.5 Å². The molecule has 2 aromatic carbocycles. The van der Waals surface area contributed by atoms with Gasteiger partial charge in [0.2, 0.25) is 10.0 Å². The molecule has 1 N–H and O–H groups in total. The van der Waals surface area contributed by atoms with Gasteiger partial charge in [0.1, 0.15) is 23.0 Å². The maximum absolute atomic E-state index is 12.5. The Kier molecular flexibility index (Phi) is 5.67. The Bertz CT molecular complexity index is 920. The first kappa shape index (κ1) is 19.2. The zero-order valence-electron chi connectivity index (χ0n) is 15.1.